The number of rotatable bonds is 6. The highest BCUT2D eigenvalue weighted by Gasteiger charge is 2.13. The van der Waals surface area contributed by atoms with E-state index in [0.29, 0.717) is 6.42 Å². The topological polar surface area (TPSA) is 41.1 Å². The predicted octanol–water partition coefficient (Wildman–Crippen LogP) is 2.47. The van der Waals surface area contributed by atoms with Gasteiger partial charge in [-0.2, -0.15) is 0 Å². The molecule has 112 valence electrons. The van der Waals surface area contributed by atoms with Crippen LogP contribution < -0.4 is 10.6 Å². The summed E-state index contributed by atoms with van der Waals surface area (Å²) in [5.74, 6) is 0.920. The first kappa shape index (κ1) is 17.0. The van der Waals surface area contributed by atoms with Crippen molar-refractivity contribution in [3.8, 4) is 0 Å². The molecule has 0 saturated carbocycles. The third-order valence-corrected chi connectivity index (χ3v) is 3.80. The summed E-state index contributed by atoms with van der Waals surface area (Å²) in [6, 6.07) is 8.40. The van der Waals surface area contributed by atoms with Crippen molar-refractivity contribution >= 4 is 18.3 Å². The van der Waals surface area contributed by atoms with E-state index < -0.39 is 0 Å². The second kappa shape index (κ2) is 8.98. The van der Waals surface area contributed by atoms with Gasteiger partial charge in [-0.1, -0.05) is 29.8 Å². The minimum atomic E-state index is 0. The molecule has 3 nitrogen and oxygen atoms in total. The van der Waals surface area contributed by atoms with E-state index in [1.807, 2.05) is 0 Å². The molecule has 1 aromatic rings. The number of amides is 1. The summed E-state index contributed by atoms with van der Waals surface area (Å²) in [6.45, 7) is 5.14. The summed E-state index contributed by atoms with van der Waals surface area (Å²) < 4.78 is 0. The van der Waals surface area contributed by atoms with Crippen LogP contribution >= 0.6 is 12.4 Å². The fourth-order valence-electron chi connectivity index (χ4n) is 2.48. The Hall–Kier alpha value is -1.06. The van der Waals surface area contributed by atoms with Crippen molar-refractivity contribution in [1.29, 1.82) is 0 Å². The first-order chi connectivity index (χ1) is 9.24. The lowest BCUT2D eigenvalue weighted by molar-refractivity contribution is -0.121. The number of aryl methyl sites for hydroxylation is 2. The fourth-order valence-corrected chi connectivity index (χ4v) is 2.48. The van der Waals surface area contributed by atoms with Crippen LogP contribution in [0.1, 0.15) is 30.4 Å². The lowest BCUT2D eigenvalue weighted by Crippen LogP contribution is -2.26. The Kier molecular flexibility index (Phi) is 7.63. The molecule has 2 rings (SSSR count). The van der Waals surface area contributed by atoms with E-state index in [-0.39, 0.29) is 18.3 Å². The van der Waals surface area contributed by atoms with Crippen LogP contribution in [-0.4, -0.2) is 25.5 Å². The maximum Gasteiger partial charge on any atom is 0.220 e. The van der Waals surface area contributed by atoms with E-state index in [1.54, 1.807) is 0 Å². The molecular formula is C16H25ClN2O. The molecule has 20 heavy (non-hydrogen) atoms. The minimum absolute atomic E-state index is 0. The van der Waals surface area contributed by atoms with Crippen LogP contribution in [0.2, 0.25) is 0 Å². The molecular weight excluding hydrogens is 272 g/mol. The Morgan fingerprint density at radius 3 is 2.75 bits per heavy atom. The van der Waals surface area contributed by atoms with Crippen molar-refractivity contribution in [2.24, 2.45) is 5.92 Å². The molecule has 1 amide bonds. The molecule has 1 saturated heterocycles. The Morgan fingerprint density at radius 1 is 1.35 bits per heavy atom. The highest BCUT2D eigenvalue weighted by molar-refractivity contribution is 5.85. The molecule has 2 N–H and O–H groups in total. The molecule has 0 aliphatic carbocycles. The van der Waals surface area contributed by atoms with Gasteiger partial charge < -0.3 is 10.6 Å². The van der Waals surface area contributed by atoms with Gasteiger partial charge in [0.1, 0.15) is 0 Å². The highest BCUT2D eigenvalue weighted by atomic mass is 35.5. The van der Waals surface area contributed by atoms with Gasteiger partial charge in [0.2, 0.25) is 5.91 Å². The number of benzene rings is 1. The van der Waals surface area contributed by atoms with Crippen LogP contribution in [0.3, 0.4) is 0 Å². The third-order valence-electron chi connectivity index (χ3n) is 3.80. The first-order valence-electron chi connectivity index (χ1n) is 7.27. The lowest BCUT2D eigenvalue weighted by atomic mass is 10.1. The summed E-state index contributed by atoms with van der Waals surface area (Å²) in [7, 11) is 0. The zero-order valence-electron chi connectivity index (χ0n) is 12.2. The van der Waals surface area contributed by atoms with Gasteiger partial charge in [-0.15, -0.1) is 12.4 Å². The Balaban J connectivity index is 0.00000200. The van der Waals surface area contributed by atoms with Crippen LogP contribution in [0.5, 0.6) is 0 Å². The first-order valence-corrected chi connectivity index (χ1v) is 7.27. The smallest absolute Gasteiger partial charge is 0.220 e. The zero-order valence-corrected chi connectivity index (χ0v) is 13.0. The lowest BCUT2D eigenvalue weighted by Gasteiger charge is -2.09. The van der Waals surface area contributed by atoms with Crippen molar-refractivity contribution in [1.82, 2.24) is 10.6 Å². The van der Waals surface area contributed by atoms with Crippen molar-refractivity contribution in [2.45, 2.75) is 32.6 Å². The number of carbonyl (C=O) groups excluding carboxylic acids is 1. The van der Waals surface area contributed by atoms with Crippen LogP contribution in [0.15, 0.2) is 24.3 Å². The van der Waals surface area contributed by atoms with Crippen LogP contribution in [-0.2, 0) is 11.2 Å². The average molecular weight is 297 g/mol. The predicted molar refractivity (Wildman–Crippen MR) is 85.4 cm³/mol. The minimum Gasteiger partial charge on any atom is -0.356 e. The molecule has 1 unspecified atom stereocenters. The molecule has 4 heteroatoms. The van der Waals surface area contributed by atoms with Gasteiger partial charge in [-0.25, -0.2) is 0 Å². The van der Waals surface area contributed by atoms with E-state index >= 15 is 0 Å². The quantitative estimate of drug-likeness (QED) is 0.847. The van der Waals surface area contributed by atoms with E-state index in [9.17, 15) is 4.79 Å². The summed E-state index contributed by atoms with van der Waals surface area (Å²) in [6.07, 6.45) is 3.77. The molecule has 1 aliphatic heterocycles. The molecule has 1 aliphatic rings. The van der Waals surface area contributed by atoms with E-state index in [4.69, 9.17) is 0 Å². The van der Waals surface area contributed by atoms with Crippen LogP contribution in [0.4, 0.5) is 0 Å². The third kappa shape index (κ3) is 5.93. The summed E-state index contributed by atoms with van der Waals surface area (Å²) in [5, 5.41) is 6.37. The van der Waals surface area contributed by atoms with E-state index in [0.717, 1.165) is 38.4 Å². The van der Waals surface area contributed by atoms with E-state index in [1.165, 1.54) is 17.5 Å². The van der Waals surface area contributed by atoms with Crippen LogP contribution in [0.25, 0.3) is 0 Å². The number of halogens is 1. The van der Waals surface area contributed by atoms with Gasteiger partial charge >= 0.3 is 0 Å². The monoisotopic (exact) mass is 296 g/mol. The Labute approximate surface area is 127 Å². The van der Waals surface area contributed by atoms with Crippen LogP contribution in [0, 0.1) is 12.8 Å². The number of carbonyl (C=O) groups is 1. The average Bonchev–Trinajstić information content (AvgIpc) is 2.91. The van der Waals surface area contributed by atoms with Crippen molar-refractivity contribution < 1.29 is 4.79 Å². The summed E-state index contributed by atoms with van der Waals surface area (Å²) in [5.41, 5.74) is 2.50. The van der Waals surface area contributed by atoms with Gasteiger partial charge in [0.15, 0.2) is 0 Å². The molecule has 1 aromatic carbocycles. The highest BCUT2D eigenvalue weighted by Crippen LogP contribution is 2.11. The normalized spacial score (nSPS) is 17.6. The largest absolute Gasteiger partial charge is 0.356 e. The molecule has 0 radical (unpaired) electrons. The number of nitrogens with one attached hydrogen (secondary N) is 2. The number of hydrogen-bond acceptors (Lipinski definition) is 2. The van der Waals surface area contributed by atoms with E-state index in [2.05, 4.69) is 41.8 Å². The maximum atomic E-state index is 11.7. The van der Waals surface area contributed by atoms with Gasteiger partial charge in [-0.05, 0) is 50.8 Å². The molecule has 0 bridgehead atoms. The Morgan fingerprint density at radius 2 is 2.10 bits per heavy atom. The fraction of sp³-hybridized carbons (Fsp3) is 0.562. The number of hydrogen-bond donors (Lipinski definition) is 2. The standard InChI is InChI=1S/C16H24N2O.ClH/c1-13-2-4-14(5-3-13)6-7-16(19)18-11-9-15-8-10-17-12-15;/h2-5,15,17H,6-12H2,1H3,(H,18,19);1H. The van der Waals surface area contributed by atoms with Crippen molar-refractivity contribution in [3.05, 3.63) is 35.4 Å². The van der Waals surface area contributed by atoms with Crippen molar-refractivity contribution in [3.63, 3.8) is 0 Å². The van der Waals surface area contributed by atoms with Gasteiger partial charge in [-0.3, -0.25) is 4.79 Å². The van der Waals surface area contributed by atoms with Crippen molar-refractivity contribution in [2.75, 3.05) is 19.6 Å². The molecule has 1 fully saturated rings. The summed E-state index contributed by atoms with van der Waals surface area (Å²) >= 11 is 0. The SMILES string of the molecule is Cc1ccc(CCC(=O)NCCC2CCNC2)cc1.Cl. The Bertz CT molecular complexity index is 399. The second-order valence-electron chi connectivity index (χ2n) is 5.48. The van der Waals surface area contributed by atoms with Gasteiger partial charge in [0.05, 0.1) is 0 Å². The van der Waals surface area contributed by atoms with Gasteiger partial charge in [0, 0.05) is 13.0 Å². The molecule has 0 spiro atoms. The maximum absolute atomic E-state index is 11.7. The molecule has 0 aromatic heterocycles. The molecule has 1 atom stereocenters. The summed E-state index contributed by atoms with van der Waals surface area (Å²) in [4.78, 5) is 11.7. The zero-order chi connectivity index (χ0) is 13.5. The second-order valence-corrected chi connectivity index (χ2v) is 5.48. The van der Waals surface area contributed by atoms with Gasteiger partial charge in [0.25, 0.3) is 0 Å². The molecule has 1 heterocycles.